The molecule has 0 spiro atoms. The van der Waals surface area contributed by atoms with Crippen LogP contribution in [0.3, 0.4) is 0 Å². The zero-order valence-electron chi connectivity index (χ0n) is 12.1. The maximum Gasteiger partial charge on any atom is 0.261 e. The summed E-state index contributed by atoms with van der Waals surface area (Å²) in [5, 5.41) is 2.92. The highest BCUT2D eigenvalue weighted by atomic mass is 16.1. The van der Waals surface area contributed by atoms with Gasteiger partial charge in [-0.3, -0.25) is 9.36 Å². The van der Waals surface area contributed by atoms with Crippen LogP contribution in [0.15, 0.2) is 29.1 Å². The molecule has 2 N–H and O–H groups in total. The number of nitrogens with two attached hydrogens (primary N) is 1. The summed E-state index contributed by atoms with van der Waals surface area (Å²) in [6.07, 6.45) is 0. The van der Waals surface area contributed by atoms with Gasteiger partial charge >= 0.3 is 0 Å². The van der Waals surface area contributed by atoms with E-state index in [9.17, 15) is 4.79 Å². The highest BCUT2D eigenvalue weighted by Crippen LogP contribution is 2.11. The van der Waals surface area contributed by atoms with Crippen LogP contribution in [0.2, 0.25) is 0 Å². The van der Waals surface area contributed by atoms with Gasteiger partial charge in [0.25, 0.3) is 5.56 Å². The van der Waals surface area contributed by atoms with Gasteiger partial charge in [0, 0.05) is 6.54 Å². The summed E-state index contributed by atoms with van der Waals surface area (Å²) in [4.78, 5) is 17.2. The van der Waals surface area contributed by atoms with Crippen molar-refractivity contribution in [2.24, 2.45) is 0 Å². The Morgan fingerprint density at radius 1 is 1.26 bits per heavy atom. The Kier molecular flexibility index (Phi) is 4.00. The predicted molar refractivity (Wildman–Crippen MR) is 77.2 cm³/mol. The summed E-state index contributed by atoms with van der Waals surface area (Å²) >= 11 is 0. The van der Waals surface area contributed by atoms with Crippen molar-refractivity contribution < 1.29 is 5.32 Å². The van der Waals surface area contributed by atoms with Gasteiger partial charge in [0.15, 0.2) is 5.82 Å². The molecule has 1 atom stereocenters. The zero-order valence-corrected chi connectivity index (χ0v) is 12.1. The van der Waals surface area contributed by atoms with Gasteiger partial charge in [0.05, 0.1) is 16.9 Å². The van der Waals surface area contributed by atoms with E-state index in [1.807, 2.05) is 31.2 Å². The lowest BCUT2D eigenvalue weighted by molar-refractivity contribution is -0.720. The second-order valence-electron chi connectivity index (χ2n) is 5.26. The van der Waals surface area contributed by atoms with E-state index in [1.165, 1.54) is 0 Å². The molecule has 0 radical (unpaired) electrons. The van der Waals surface area contributed by atoms with E-state index >= 15 is 0 Å². The summed E-state index contributed by atoms with van der Waals surface area (Å²) < 4.78 is 1.78. The molecule has 0 fully saturated rings. The van der Waals surface area contributed by atoms with Gasteiger partial charge in [-0.25, -0.2) is 4.98 Å². The van der Waals surface area contributed by atoms with Gasteiger partial charge in [0.2, 0.25) is 0 Å². The average Bonchev–Trinajstić information content (AvgIpc) is 2.38. The molecule has 0 aliphatic carbocycles. The van der Waals surface area contributed by atoms with E-state index in [4.69, 9.17) is 4.98 Å². The average molecular weight is 260 g/mol. The van der Waals surface area contributed by atoms with Crippen LogP contribution < -0.4 is 10.9 Å². The summed E-state index contributed by atoms with van der Waals surface area (Å²) in [6.45, 7) is 9.03. The third-order valence-corrected chi connectivity index (χ3v) is 3.29. The SMILES string of the molecule is CCn1c([C@H](C)[NH2+]C(C)C)nc2ccccc2c1=O. The van der Waals surface area contributed by atoms with Crippen LogP contribution >= 0.6 is 0 Å². The highest BCUT2D eigenvalue weighted by Gasteiger charge is 2.18. The molecule has 0 aliphatic heterocycles. The third kappa shape index (κ3) is 2.68. The first-order valence-corrected chi connectivity index (χ1v) is 6.89. The Labute approximate surface area is 113 Å². The molecule has 0 saturated carbocycles. The molecule has 4 nitrogen and oxygen atoms in total. The van der Waals surface area contributed by atoms with Gasteiger partial charge in [-0.2, -0.15) is 0 Å². The number of benzene rings is 1. The zero-order chi connectivity index (χ0) is 14.0. The van der Waals surface area contributed by atoms with E-state index in [-0.39, 0.29) is 11.6 Å². The van der Waals surface area contributed by atoms with Gasteiger partial charge in [0.1, 0.15) is 6.04 Å². The van der Waals surface area contributed by atoms with Gasteiger partial charge < -0.3 is 5.32 Å². The van der Waals surface area contributed by atoms with Gasteiger partial charge in [-0.1, -0.05) is 12.1 Å². The first-order chi connectivity index (χ1) is 9.04. The van der Waals surface area contributed by atoms with Crippen molar-refractivity contribution in [3.8, 4) is 0 Å². The number of hydrogen-bond donors (Lipinski definition) is 1. The summed E-state index contributed by atoms with van der Waals surface area (Å²) in [6, 6.07) is 8.21. The maximum absolute atomic E-state index is 12.5. The normalized spacial score (nSPS) is 13.1. The smallest absolute Gasteiger partial charge is 0.261 e. The van der Waals surface area contributed by atoms with Crippen LogP contribution in [0.4, 0.5) is 0 Å². The molecule has 2 aromatic rings. The third-order valence-electron chi connectivity index (χ3n) is 3.29. The first-order valence-electron chi connectivity index (χ1n) is 6.89. The molecule has 102 valence electrons. The van der Waals surface area contributed by atoms with Gasteiger partial charge in [-0.05, 0) is 39.8 Å². The Balaban J connectivity index is 2.63. The Bertz CT molecular complexity index is 631. The van der Waals surface area contributed by atoms with Crippen LogP contribution in [0.1, 0.15) is 39.6 Å². The van der Waals surface area contributed by atoms with E-state index in [1.54, 1.807) is 4.57 Å². The monoisotopic (exact) mass is 260 g/mol. The molecular formula is C15H22N3O+. The Morgan fingerprint density at radius 2 is 1.95 bits per heavy atom. The fourth-order valence-electron chi connectivity index (χ4n) is 2.50. The molecule has 19 heavy (non-hydrogen) atoms. The van der Waals surface area contributed by atoms with Crippen molar-refractivity contribution in [1.29, 1.82) is 0 Å². The van der Waals surface area contributed by atoms with Crippen molar-refractivity contribution >= 4 is 10.9 Å². The minimum atomic E-state index is 0.0621. The number of hydrogen-bond acceptors (Lipinski definition) is 2. The van der Waals surface area contributed by atoms with E-state index in [2.05, 4.69) is 26.1 Å². The molecule has 0 unspecified atom stereocenters. The molecular weight excluding hydrogens is 238 g/mol. The van der Waals surface area contributed by atoms with Crippen LogP contribution in [0.25, 0.3) is 10.9 Å². The molecule has 0 amide bonds. The number of quaternary nitrogens is 1. The lowest BCUT2D eigenvalue weighted by Crippen LogP contribution is -2.89. The number of rotatable bonds is 4. The molecule has 4 heteroatoms. The molecule has 0 aliphatic rings. The predicted octanol–water partition coefficient (Wildman–Crippen LogP) is 1.45. The first kappa shape index (κ1) is 13.7. The van der Waals surface area contributed by atoms with E-state index in [0.29, 0.717) is 18.0 Å². The molecule has 1 aromatic heterocycles. The van der Waals surface area contributed by atoms with Gasteiger partial charge in [-0.15, -0.1) is 0 Å². The second kappa shape index (κ2) is 5.53. The summed E-state index contributed by atoms with van der Waals surface area (Å²) in [5.41, 5.74) is 0.850. The fraction of sp³-hybridized carbons (Fsp3) is 0.467. The van der Waals surface area contributed by atoms with Crippen molar-refractivity contribution in [3.63, 3.8) is 0 Å². The number of fused-ring (bicyclic) bond motifs is 1. The lowest BCUT2D eigenvalue weighted by atomic mass is 10.2. The van der Waals surface area contributed by atoms with Crippen LogP contribution in [0, 0.1) is 0 Å². The highest BCUT2D eigenvalue weighted by molar-refractivity contribution is 5.77. The summed E-state index contributed by atoms with van der Waals surface area (Å²) in [7, 11) is 0. The number of aromatic nitrogens is 2. The molecule has 1 heterocycles. The van der Waals surface area contributed by atoms with E-state index < -0.39 is 0 Å². The largest absolute Gasteiger partial charge is 0.336 e. The maximum atomic E-state index is 12.5. The lowest BCUT2D eigenvalue weighted by Gasteiger charge is -2.17. The van der Waals surface area contributed by atoms with Crippen molar-refractivity contribution in [2.45, 2.75) is 46.3 Å². The topological polar surface area (TPSA) is 51.5 Å². The molecule has 2 rings (SSSR count). The second-order valence-corrected chi connectivity index (χ2v) is 5.26. The minimum Gasteiger partial charge on any atom is -0.336 e. The Hall–Kier alpha value is -1.68. The van der Waals surface area contributed by atoms with E-state index in [0.717, 1.165) is 11.3 Å². The van der Waals surface area contributed by atoms with Crippen molar-refractivity contribution in [2.75, 3.05) is 0 Å². The molecule has 1 aromatic carbocycles. The standard InChI is InChI=1S/C15H21N3O/c1-5-18-14(11(4)16-10(2)3)17-13-9-7-6-8-12(13)15(18)19/h6-11,16H,5H2,1-4H3/p+1/t11-/m0/s1. The minimum absolute atomic E-state index is 0.0621. The number of nitrogens with zero attached hydrogens (tertiary/aromatic N) is 2. The quantitative estimate of drug-likeness (QED) is 0.904. The fourth-order valence-corrected chi connectivity index (χ4v) is 2.50. The van der Waals surface area contributed by atoms with Crippen molar-refractivity contribution in [1.82, 2.24) is 9.55 Å². The molecule has 0 bridgehead atoms. The van der Waals surface area contributed by atoms with Crippen LogP contribution in [-0.4, -0.2) is 15.6 Å². The van der Waals surface area contributed by atoms with Crippen molar-refractivity contribution in [3.05, 3.63) is 40.4 Å². The summed E-state index contributed by atoms with van der Waals surface area (Å²) in [5.74, 6) is 0.861. The number of para-hydroxylation sites is 1. The Morgan fingerprint density at radius 3 is 2.58 bits per heavy atom. The van der Waals surface area contributed by atoms with Crippen LogP contribution in [0.5, 0.6) is 0 Å². The molecule has 0 saturated heterocycles. The van der Waals surface area contributed by atoms with Crippen LogP contribution in [-0.2, 0) is 6.54 Å².